The third kappa shape index (κ3) is 4.67. The summed E-state index contributed by atoms with van der Waals surface area (Å²) in [5.41, 5.74) is 1.75. The second-order valence-electron chi connectivity index (χ2n) is 5.05. The number of aromatic hydroxyl groups is 1. The van der Waals surface area contributed by atoms with Crippen molar-refractivity contribution in [1.82, 2.24) is 0 Å². The van der Waals surface area contributed by atoms with E-state index in [0.717, 1.165) is 11.3 Å². The van der Waals surface area contributed by atoms with E-state index in [2.05, 4.69) is 0 Å². The zero-order chi connectivity index (χ0) is 17.4. The van der Waals surface area contributed by atoms with Gasteiger partial charge in [-0.3, -0.25) is 0 Å². The van der Waals surface area contributed by atoms with Gasteiger partial charge in [-0.1, -0.05) is 24.3 Å². The summed E-state index contributed by atoms with van der Waals surface area (Å²) in [6, 6.07) is 11.0. The van der Waals surface area contributed by atoms with Crippen LogP contribution in [0.4, 0.5) is 0 Å². The van der Waals surface area contributed by atoms with Gasteiger partial charge in [0.25, 0.3) is 0 Å². The van der Waals surface area contributed by atoms with Gasteiger partial charge >= 0.3 is 0 Å². The Morgan fingerprint density at radius 1 is 0.958 bits per heavy atom. The normalized spacial score (nSPS) is 10.8. The SMILES string of the molecule is COCOc1cc(O)c(C/C=C/c2ccc(OC)cc2)c(OC)c1. The highest BCUT2D eigenvalue weighted by Crippen LogP contribution is 2.34. The molecule has 0 radical (unpaired) electrons. The first kappa shape index (κ1) is 17.7. The standard InChI is InChI=1S/C19H22O5/c1-21-13-24-16-11-18(20)17(19(12-16)23-3)6-4-5-14-7-9-15(22-2)10-8-14/h4-5,7-12,20H,6,13H2,1-3H3/b5-4+. The highest BCUT2D eigenvalue weighted by molar-refractivity contribution is 5.54. The molecule has 0 heterocycles. The molecule has 5 nitrogen and oxygen atoms in total. The molecule has 0 saturated heterocycles. The summed E-state index contributed by atoms with van der Waals surface area (Å²) in [6.07, 6.45) is 4.48. The van der Waals surface area contributed by atoms with E-state index >= 15 is 0 Å². The predicted octanol–water partition coefficient (Wildman–Crippen LogP) is 3.65. The van der Waals surface area contributed by atoms with Crippen molar-refractivity contribution in [1.29, 1.82) is 0 Å². The smallest absolute Gasteiger partial charge is 0.188 e. The van der Waals surface area contributed by atoms with Gasteiger partial charge in [-0.05, 0) is 24.1 Å². The summed E-state index contributed by atoms with van der Waals surface area (Å²) >= 11 is 0. The monoisotopic (exact) mass is 330 g/mol. The number of hydrogen-bond donors (Lipinski definition) is 1. The van der Waals surface area contributed by atoms with Crippen LogP contribution in [0.25, 0.3) is 6.08 Å². The first-order valence-corrected chi connectivity index (χ1v) is 7.50. The Morgan fingerprint density at radius 3 is 2.33 bits per heavy atom. The maximum Gasteiger partial charge on any atom is 0.188 e. The summed E-state index contributed by atoms with van der Waals surface area (Å²) < 4.78 is 20.7. The van der Waals surface area contributed by atoms with Crippen LogP contribution in [-0.4, -0.2) is 33.2 Å². The summed E-state index contributed by atoms with van der Waals surface area (Å²) in [7, 11) is 4.74. The zero-order valence-electron chi connectivity index (χ0n) is 14.1. The molecule has 0 atom stereocenters. The molecule has 2 rings (SSSR count). The van der Waals surface area contributed by atoms with Crippen LogP contribution in [0, 0.1) is 0 Å². The lowest BCUT2D eigenvalue weighted by Gasteiger charge is -2.12. The van der Waals surface area contributed by atoms with Gasteiger partial charge in [0.05, 0.1) is 14.2 Å². The number of benzene rings is 2. The molecule has 0 fully saturated rings. The molecular weight excluding hydrogens is 308 g/mol. The molecule has 1 N–H and O–H groups in total. The van der Waals surface area contributed by atoms with Crippen LogP contribution in [0.1, 0.15) is 11.1 Å². The van der Waals surface area contributed by atoms with E-state index in [1.807, 2.05) is 36.4 Å². The molecule has 0 saturated carbocycles. The lowest BCUT2D eigenvalue weighted by atomic mass is 10.1. The van der Waals surface area contributed by atoms with Gasteiger partial charge in [0.2, 0.25) is 0 Å². The minimum atomic E-state index is 0.110. The van der Waals surface area contributed by atoms with Crippen molar-refractivity contribution in [3.63, 3.8) is 0 Å². The number of hydrogen-bond acceptors (Lipinski definition) is 5. The number of rotatable bonds is 8. The van der Waals surface area contributed by atoms with E-state index in [9.17, 15) is 5.11 Å². The topological polar surface area (TPSA) is 57.2 Å². The molecular formula is C19H22O5. The number of phenolic OH excluding ortho intramolecular Hbond substituents is 1. The van der Waals surface area contributed by atoms with E-state index < -0.39 is 0 Å². The summed E-state index contributed by atoms with van der Waals surface area (Å²) in [5.74, 6) is 2.01. The van der Waals surface area contributed by atoms with Crippen molar-refractivity contribution >= 4 is 6.08 Å². The van der Waals surface area contributed by atoms with E-state index in [1.54, 1.807) is 26.4 Å². The Morgan fingerprint density at radius 2 is 1.71 bits per heavy atom. The molecule has 0 aromatic heterocycles. The van der Waals surface area contributed by atoms with Crippen LogP contribution in [0.15, 0.2) is 42.5 Å². The quantitative estimate of drug-likeness (QED) is 0.749. The van der Waals surface area contributed by atoms with Crippen LogP contribution in [0.5, 0.6) is 23.0 Å². The van der Waals surface area contributed by atoms with Crippen LogP contribution >= 0.6 is 0 Å². The van der Waals surface area contributed by atoms with Gasteiger partial charge in [-0.2, -0.15) is 0 Å². The van der Waals surface area contributed by atoms with Crippen LogP contribution in [0.2, 0.25) is 0 Å². The maximum absolute atomic E-state index is 10.2. The Hall–Kier alpha value is -2.66. The molecule has 0 aliphatic heterocycles. The molecule has 2 aromatic rings. The summed E-state index contributed by atoms with van der Waals surface area (Å²) in [4.78, 5) is 0. The second kappa shape index (κ2) is 8.84. The average molecular weight is 330 g/mol. The first-order chi connectivity index (χ1) is 11.7. The molecule has 0 spiro atoms. The van der Waals surface area contributed by atoms with Gasteiger partial charge in [0.15, 0.2) is 6.79 Å². The largest absolute Gasteiger partial charge is 0.507 e. The van der Waals surface area contributed by atoms with Crippen molar-refractivity contribution in [2.24, 2.45) is 0 Å². The fourth-order valence-electron chi connectivity index (χ4n) is 2.23. The minimum absolute atomic E-state index is 0.110. The molecule has 0 amide bonds. The Kier molecular flexibility index (Phi) is 6.51. The van der Waals surface area contributed by atoms with Gasteiger partial charge < -0.3 is 24.1 Å². The molecule has 0 aliphatic rings. The third-order valence-corrected chi connectivity index (χ3v) is 3.47. The highest BCUT2D eigenvalue weighted by Gasteiger charge is 2.11. The molecule has 2 aromatic carbocycles. The van der Waals surface area contributed by atoms with E-state index in [1.165, 1.54) is 7.11 Å². The van der Waals surface area contributed by atoms with Gasteiger partial charge in [-0.15, -0.1) is 0 Å². The van der Waals surface area contributed by atoms with Crippen LogP contribution < -0.4 is 14.2 Å². The van der Waals surface area contributed by atoms with E-state index in [4.69, 9.17) is 18.9 Å². The van der Waals surface area contributed by atoms with E-state index in [-0.39, 0.29) is 12.5 Å². The summed E-state index contributed by atoms with van der Waals surface area (Å²) in [6.45, 7) is 0.110. The number of allylic oxidation sites excluding steroid dienone is 1. The Bertz CT molecular complexity index is 677. The fraction of sp³-hybridized carbons (Fsp3) is 0.263. The molecule has 0 unspecified atom stereocenters. The van der Waals surface area contributed by atoms with Gasteiger partial charge in [0.1, 0.15) is 23.0 Å². The molecule has 5 heteroatoms. The number of phenols is 1. The predicted molar refractivity (Wildman–Crippen MR) is 92.9 cm³/mol. The van der Waals surface area contributed by atoms with Crippen LogP contribution in [0.3, 0.4) is 0 Å². The highest BCUT2D eigenvalue weighted by atomic mass is 16.7. The van der Waals surface area contributed by atoms with Crippen LogP contribution in [-0.2, 0) is 11.2 Å². The molecule has 24 heavy (non-hydrogen) atoms. The maximum atomic E-state index is 10.2. The minimum Gasteiger partial charge on any atom is -0.507 e. The second-order valence-corrected chi connectivity index (χ2v) is 5.05. The summed E-state index contributed by atoms with van der Waals surface area (Å²) in [5, 5.41) is 10.2. The van der Waals surface area contributed by atoms with Crippen molar-refractivity contribution in [2.45, 2.75) is 6.42 Å². The van der Waals surface area contributed by atoms with Crippen molar-refractivity contribution in [3.05, 3.63) is 53.6 Å². The van der Waals surface area contributed by atoms with Crippen molar-refractivity contribution < 1.29 is 24.1 Å². The molecule has 0 aliphatic carbocycles. The van der Waals surface area contributed by atoms with Crippen molar-refractivity contribution in [2.75, 3.05) is 28.1 Å². The van der Waals surface area contributed by atoms with Gasteiger partial charge in [0, 0.05) is 24.8 Å². The zero-order valence-corrected chi connectivity index (χ0v) is 14.1. The average Bonchev–Trinajstić information content (AvgIpc) is 2.61. The van der Waals surface area contributed by atoms with E-state index in [0.29, 0.717) is 23.5 Å². The number of ether oxygens (including phenoxy) is 4. The lowest BCUT2D eigenvalue weighted by Crippen LogP contribution is -2.00. The molecule has 128 valence electrons. The Labute approximate surface area is 142 Å². The fourth-order valence-corrected chi connectivity index (χ4v) is 2.23. The first-order valence-electron chi connectivity index (χ1n) is 7.50. The number of methoxy groups -OCH3 is 3. The van der Waals surface area contributed by atoms with Crippen molar-refractivity contribution in [3.8, 4) is 23.0 Å². The Balaban J connectivity index is 2.11. The lowest BCUT2D eigenvalue weighted by molar-refractivity contribution is 0.0508. The third-order valence-electron chi connectivity index (χ3n) is 3.47. The van der Waals surface area contributed by atoms with Gasteiger partial charge in [-0.25, -0.2) is 0 Å². The molecule has 0 bridgehead atoms.